The molecule has 0 unspecified atom stereocenters. The molecule has 0 saturated carbocycles. The molecule has 1 heteroatoms. The standard InChI is InChI=1S/C56H41N/c1-2-3-32-57-55-51(49-30-14-22-39-18-6-10-26-45(39)49)33-41(47-28-12-20-37-16-4-8-24-43(37)47)35-53(55)54-36-42(48-29-13-21-38-17-5-9-25-44(38)48)34-52(56(54)57)50-31-15-23-40-19-7-11-27-46(40)50/h4-31,33-36H,2-3,32H2,1H3. The number of rotatable bonds is 7. The van der Waals surface area contributed by atoms with Crippen LogP contribution in [0.25, 0.3) is 109 Å². The minimum absolute atomic E-state index is 0.924. The summed E-state index contributed by atoms with van der Waals surface area (Å²) in [7, 11) is 0. The minimum Gasteiger partial charge on any atom is -0.339 e. The summed E-state index contributed by atoms with van der Waals surface area (Å²) in [5.74, 6) is 0. The summed E-state index contributed by atoms with van der Waals surface area (Å²) in [6.45, 7) is 3.23. The summed E-state index contributed by atoms with van der Waals surface area (Å²) in [5.41, 5.74) is 12.7. The van der Waals surface area contributed by atoms with Crippen molar-refractivity contribution in [2.75, 3.05) is 0 Å². The summed E-state index contributed by atoms with van der Waals surface area (Å²) in [6, 6.07) is 72.4. The van der Waals surface area contributed by atoms with Gasteiger partial charge in [-0.3, -0.25) is 0 Å². The van der Waals surface area contributed by atoms with Gasteiger partial charge < -0.3 is 4.57 Å². The lowest BCUT2D eigenvalue weighted by molar-refractivity contribution is 0.665. The zero-order chi connectivity index (χ0) is 37.9. The van der Waals surface area contributed by atoms with Crippen molar-refractivity contribution in [1.82, 2.24) is 4.57 Å². The molecule has 11 rings (SSSR count). The van der Waals surface area contributed by atoms with E-state index in [0.29, 0.717) is 0 Å². The smallest absolute Gasteiger partial charge is 0.0571 e. The third kappa shape index (κ3) is 5.46. The average molecular weight is 728 g/mol. The Morgan fingerprint density at radius 2 is 0.649 bits per heavy atom. The van der Waals surface area contributed by atoms with Gasteiger partial charge in [0.25, 0.3) is 0 Å². The molecule has 1 nitrogen and oxygen atoms in total. The Labute approximate surface area is 333 Å². The number of fused-ring (bicyclic) bond motifs is 7. The largest absolute Gasteiger partial charge is 0.339 e. The molecule has 270 valence electrons. The molecule has 0 amide bonds. The number of benzene rings is 10. The van der Waals surface area contributed by atoms with Gasteiger partial charge in [-0.25, -0.2) is 0 Å². The van der Waals surface area contributed by atoms with Crippen molar-refractivity contribution in [2.45, 2.75) is 26.3 Å². The first-order valence-electron chi connectivity index (χ1n) is 20.3. The van der Waals surface area contributed by atoms with E-state index in [2.05, 4.69) is 206 Å². The Bertz CT molecular complexity index is 3100. The third-order valence-electron chi connectivity index (χ3n) is 12.1. The molecule has 10 aromatic carbocycles. The van der Waals surface area contributed by atoms with E-state index >= 15 is 0 Å². The van der Waals surface area contributed by atoms with Crippen molar-refractivity contribution in [3.05, 3.63) is 194 Å². The van der Waals surface area contributed by atoms with Crippen LogP contribution in [0.15, 0.2) is 194 Å². The Morgan fingerprint density at radius 1 is 0.316 bits per heavy atom. The van der Waals surface area contributed by atoms with Crippen LogP contribution in [0, 0.1) is 0 Å². The summed E-state index contributed by atoms with van der Waals surface area (Å²) in [6.07, 6.45) is 2.19. The van der Waals surface area contributed by atoms with Gasteiger partial charge in [-0.1, -0.05) is 183 Å². The highest BCUT2D eigenvalue weighted by Crippen LogP contribution is 2.47. The highest BCUT2D eigenvalue weighted by molar-refractivity contribution is 6.21. The summed E-state index contributed by atoms with van der Waals surface area (Å²) >= 11 is 0. The fourth-order valence-electron chi connectivity index (χ4n) is 9.51. The molecule has 1 aromatic heterocycles. The van der Waals surface area contributed by atoms with E-state index in [4.69, 9.17) is 0 Å². The van der Waals surface area contributed by atoms with Crippen LogP contribution >= 0.6 is 0 Å². The monoisotopic (exact) mass is 727 g/mol. The number of aryl methyl sites for hydroxylation is 1. The van der Waals surface area contributed by atoms with Crippen molar-refractivity contribution in [2.24, 2.45) is 0 Å². The van der Waals surface area contributed by atoms with Crippen molar-refractivity contribution in [1.29, 1.82) is 0 Å². The van der Waals surface area contributed by atoms with E-state index in [0.717, 1.165) is 19.4 Å². The van der Waals surface area contributed by atoms with E-state index in [9.17, 15) is 0 Å². The first-order chi connectivity index (χ1) is 28.2. The van der Waals surface area contributed by atoms with Crippen LogP contribution in [0.2, 0.25) is 0 Å². The van der Waals surface area contributed by atoms with Crippen LogP contribution in [0.5, 0.6) is 0 Å². The maximum atomic E-state index is 2.68. The van der Waals surface area contributed by atoms with Gasteiger partial charge in [-0.05, 0) is 107 Å². The van der Waals surface area contributed by atoms with Crippen LogP contribution in [0.3, 0.4) is 0 Å². The zero-order valence-electron chi connectivity index (χ0n) is 32.0. The Morgan fingerprint density at radius 3 is 1.04 bits per heavy atom. The second-order valence-corrected chi connectivity index (χ2v) is 15.5. The van der Waals surface area contributed by atoms with Gasteiger partial charge in [0.1, 0.15) is 0 Å². The topological polar surface area (TPSA) is 4.93 Å². The quantitative estimate of drug-likeness (QED) is 0.154. The van der Waals surface area contributed by atoms with Gasteiger partial charge in [-0.2, -0.15) is 0 Å². The fourth-order valence-corrected chi connectivity index (χ4v) is 9.51. The molecule has 1 heterocycles. The number of aromatic nitrogens is 1. The predicted octanol–water partition coefficient (Wildman–Crippen LogP) is 15.9. The van der Waals surface area contributed by atoms with Crippen LogP contribution in [0.4, 0.5) is 0 Å². The molecule has 0 saturated heterocycles. The van der Waals surface area contributed by atoms with Crippen molar-refractivity contribution in [3.8, 4) is 44.5 Å². The predicted molar refractivity (Wildman–Crippen MR) is 246 cm³/mol. The van der Waals surface area contributed by atoms with Crippen molar-refractivity contribution in [3.63, 3.8) is 0 Å². The molecule has 57 heavy (non-hydrogen) atoms. The van der Waals surface area contributed by atoms with Gasteiger partial charge in [-0.15, -0.1) is 0 Å². The minimum atomic E-state index is 0.924. The van der Waals surface area contributed by atoms with Gasteiger partial charge in [0.15, 0.2) is 0 Å². The summed E-state index contributed by atoms with van der Waals surface area (Å²) in [4.78, 5) is 0. The van der Waals surface area contributed by atoms with Gasteiger partial charge in [0.2, 0.25) is 0 Å². The van der Waals surface area contributed by atoms with Crippen LogP contribution in [0.1, 0.15) is 19.8 Å². The second kappa shape index (κ2) is 13.7. The Balaban J connectivity index is 1.36. The molecule has 0 bridgehead atoms. The van der Waals surface area contributed by atoms with Crippen LogP contribution in [-0.2, 0) is 6.54 Å². The van der Waals surface area contributed by atoms with Crippen LogP contribution < -0.4 is 0 Å². The third-order valence-corrected chi connectivity index (χ3v) is 12.1. The Hall–Kier alpha value is -6.96. The molecule has 0 aliphatic rings. The molecule has 0 radical (unpaired) electrons. The van der Waals surface area contributed by atoms with Gasteiger partial charge >= 0.3 is 0 Å². The first kappa shape index (κ1) is 33.4. The summed E-state index contributed by atoms with van der Waals surface area (Å²) in [5, 5.41) is 12.7. The van der Waals surface area contributed by atoms with Gasteiger partial charge in [0.05, 0.1) is 11.0 Å². The van der Waals surface area contributed by atoms with E-state index in [1.165, 1.54) is 109 Å². The fraction of sp³-hybridized carbons (Fsp3) is 0.0714. The molecule has 11 aromatic rings. The molecule has 0 aliphatic heterocycles. The molecule has 0 N–H and O–H groups in total. The lowest BCUT2D eigenvalue weighted by Crippen LogP contribution is -2.01. The number of hydrogen-bond donors (Lipinski definition) is 0. The molecular weight excluding hydrogens is 687 g/mol. The van der Waals surface area contributed by atoms with Gasteiger partial charge in [0, 0.05) is 28.4 Å². The summed E-state index contributed by atoms with van der Waals surface area (Å²) < 4.78 is 2.68. The maximum Gasteiger partial charge on any atom is 0.0571 e. The van der Waals surface area contributed by atoms with Crippen molar-refractivity contribution < 1.29 is 0 Å². The molecule has 0 spiro atoms. The van der Waals surface area contributed by atoms with Crippen molar-refractivity contribution >= 4 is 64.9 Å². The average Bonchev–Trinajstić information content (AvgIpc) is 3.60. The van der Waals surface area contributed by atoms with Crippen LogP contribution in [-0.4, -0.2) is 4.57 Å². The molecule has 0 atom stereocenters. The molecule has 0 aliphatic carbocycles. The van der Waals surface area contributed by atoms with E-state index in [-0.39, 0.29) is 0 Å². The molecular formula is C56H41N. The van der Waals surface area contributed by atoms with E-state index in [1.807, 2.05) is 0 Å². The maximum absolute atomic E-state index is 2.68. The van der Waals surface area contributed by atoms with E-state index in [1.54, 1.807) is 0 Å². The number of nitrogens with zero attached hydrogens (tertiary/aromatic N) is 1. The first-order valence-corrected chi connectivity index (χ1v) is 20.3. The van der Waals surface area contributed by atoms with E-state index < -0.39 is 0 Å². The second-order valence-electron chi connectivity index (χ2n) is 15.5. The lowest BCUT2D eigenvalue weighted by Gasteiger charge is -2.17. The molecule has 0 fully saturated rings. The number of unbranched alkanes of at least 4 members (excludes halogenated alkanes) is 1. The lowest BCUT2D eigenvalue weighted by atomic mass is 9.89. The number of hydrogen-bond acceptors (Lipinski definition) is 0. The Kier molecular flexibility index (Phi) is 8.00. The highest BCUT2D eigenvalue weighted by atomic mass is 15.0. The normalized spacial score (nSPS) is 11.8. The SMILES string of the molecule is CCCCn1c2c(-c3cccc4ccccc34)cc(-c3cccc4ccccc34)cc2c2cc(-c3cccc4ccccc34)cc(-c3cccc4ccccc34)c21. The highest BCUT2D eigenvalue weighted by Gasteiger charge is 2.23. The zero-order valence-corrected chi connectivity index (χ0v) is 32.0.